The number of likely N-dealkylation sites (N-methyl/N-ethyl adjacent to an activating group) is 1. The molecule has 0 aromatic rings. The summed E-state index contributed by atoms with van der Waals surface area (Å²) in [7, 11) is 1.83. The van der Waals surface area contributed by atoms with Crippen molar-refractivity contribution in [1.82, 2.24) is 0 Å². The van der Waals surface area contributed by atoms with E-state index in [0.29, 0.717) is 11.0 Å². The minimum absolute atomic E-state index is 0.0733. The molecular formula is C7H16NO2+. The van der Waals surface area contributed by atoms with Crippen LogP contribution < -0.4 is 0 Å². The summed E-state index contributed by atoms with van der Waals surface area (Å²) in [6.07, 6.45) is 0. The van der Waals surface area contributed by atoms with Crippen LogP contribution in [0.1, 0.15) is 13.8 Å². The summed E-state index contributed by atoms with van der Waals surface area (Å²) in [5.41, 5.74) is 0. The molecule has 1 atom stereocenters. The number of quaternary nitrogens is 1. The van der Waals surface area contributed by atoms with Crippen LogP contribution in [-0.4, -0.2) is 42.2 Å². The van der Waals surface area contributed by atoms with Gasteiger partial charge in [0.2, 0.25) is 0 Å². The number of carbonyl (C=O) groups is 1. The lowest BCUT2D eigenvalue weighted by Crippen LogP contribution is -2.49. The highest BCUT2D eigenvalue weighted by Gasteiger charge is 2.23. The molecule has 0 saturated carbocycles. The molecule has 0 aliphatic rings. The molecule has 0 radical (unpaired) electrons. The van der Waals surface area contributed by atoms with Crippen LogP contribution in [0.15, 0.2) is 0 Å². The highest BCUT2D eigenvalue weighted by molar-refractivity contribution is 5.65. The summed E-state index contributed by atoms with van der Waals surface area (Å²) in [4.78, 5) is 10.9. The lowest BCUT2D eigenvalue weighted by molar-refractivity contribution is -0.832. The molecule has 0 aliphatic heterocycles. The summed E-state index contributed by atoms with van der Waals surface area (Å²) in [6.45, 7) is 4.84. The molecule has 0 saturated heterocycles. The van der Waals surface area contributed by atoms with Gasteiger partial charge in [0.25, 0.3) is 0 Å². The minimum Gasteiger partial charge on any atom is -0.390 e. The third-order valence-corrected chi connectivity index (χ3v) is 2.05. The normalized spacial score (nSPS) is 16.4. The van der Waals surface area contributed by atoms with Crippen molar-refractivity contribution in [2.75, 3.05) is 26.7 Å². The lowest BCUT2D eigenvalue weighted by Gasteiger charge is -2.27. The van der Waals surface area contributed by atoms with Gasteiger partial charge in [0.05, 0.1) is 27.1 Å². The Morgan fingerprint density at radius 3 is 2.20 bits per heavy atom. The van der Waals surface area contributed by atoms with Crippen LogP contribution in [0.4, 0.5) is 0 Å². The number of hydrogen-bond acceptors (Lipinski definition) is 2. The first-order valence-electron chi connectivity index (χ1n) is 3.53. The first kappa shape index (κ1) is 9.59. The molecule has 10 heavy (non-hydrogen) atoms. The van der Waals surface area contributed by atoms with Crippen molar-refractivity contribution in [3.63, 3.8) is 0 Å². The van der Waals surface area contributed by atoms with Crippen LogP contribution in [0.3, 0.4) is 0 Å². The first-order valence-corrected chi connectivity index (χ1v) is 3.53. The van der Waals surface area contributed by atoms with Gasteiger partial charge in [0, 0.05) is 0 Å². The van der Waals surface area contributed by atoms with Gasteiger partial charge in [-0.3, -0.25) is 4.48 Å². The molecule has 0 aromatic heterocycles. The Hall–Kier alpha value is -0.410. The van der Waals surface area contributed by atoms with Gasteiger partial charge in [-0.1, -0.05) is 0 Å². The van der Waals surface area contributed by atoms with Crippen LogP contribution in [0.2, 0.25) is 0 Å². The fraction of sp³-hybridized carbons (Fsp3) is 0.857. The van der Waals surface area contributed by atoms with E-state index >= 15 is 0 Å². The molecule has 3 nitrogen and oxygen atoms in total. The largest absolute Gasteiger partial charge is 0.390 e. The molecule has 1 unspecified atom stereocenters. The van der Waals surface area contributed by atoms with E-state index in [1.165, 1.54) is 0 Å². The Labute approximate surface area is 61.9 Å². The van der Waals surface area contributed by atoms with Gasteiger partial charge in [-0.05, 0) is 6.92 Å². The van der Waals surface area contributed by atoms with E-state index < -0.39 is 0 Å². The van der Waals surface area contributed by atoms with E-state index in [9.17, 15) is 4.79 Å². The molecular weight excluding hydrogens is 130 g/mol. The number of aliphatic hydroxyl groups is 1. The molecule has 1 N–H and O–H groups in total. The van der Waals surface area contributed by atoms with E-state index in [-0.39, 0.29) is 12.5 Å². The van der Waals surface area contributed by atoms with Gasteiger partial charge < -0.3 is 5.11 Å². The summed E-state index contributed by atoms with van der Waals surface area (Å²) >= 11 is 0. The number of carbonyl (C=O) groups excluding carboxylic acids is 1. The standard InChI is InChI=1S/C7H16NO2/c1-4-8(3,5-6-9)7(2)10/h9H,4-6H2,1-3H3/q+1. The SMILES string of the molecule is CC[N+](C)(CCO)C(C)=O. The Morgan fingerprint density at radius 2 is 2.10 bits per heavy atom. The molecule has 3 heteroatoms. The second-order valence-corrected chi connectivity index (χ2v) is 2.68. The second kappa shape index (κ2) is 3.68. The first-order chi connectivity index (χ1) is 4.56. The van der Waals surface area contributed by atoms with Crippen molar-refractivity contribution in [2.24, 2.45) is 0 Å². The molecule has 0 bridgehead atoms. The maximum atomic E-state index is 10.9. The van der Waals surface area contributed by atoms with Crippen LogP contribution in [0, 0.1) is 0 Å². The topological polar surface area (TPSA) is 37.3 Å². The van der Waals surface area contributed by atoms with Crippen molar-refractivity contribution >= 4 is 5.91 Å². The van der Waals surface area contributed by atoms with E-state index in [1.807, 2.05) is 14.0 Å². The predicted octanol–water partition coefficient (Wildman–Crippen LogP) is -0.00830. The molecule has 0 aliphatic carbocycles. The number of amides is 1. The van der Waals surface area contributed by atoms with Gasteiger partial charge in [0.15, 0.2) is 0 Å². The molecule has 1 amide bonds. The van der Waals surface area contributed by atoms with E-state index in [0.717, 1.165) is 6.54 Å². The molecule has 0 spiro atoms. The molecule has 0 fully saturated rings. The Bertz CT molecular complexity index is 125. The van der Waals surface area contributed by atoms with Gasteiger partial charge in [-0.15, -0.1) is 0 Å². The fourth-order valence-electron chi connectivity index (χ4n) is 0.759. The Balaban J connectivity index is 4.08. The third kappa shape index (κ3) is 2.08. The number of hydrogen-bond donors (Lipinski definition) is 1. The van der Waals surface area contributed by atoms with Crippen molar-refractivity contribution in [3.8, 4) is 0 Å². The zero-order valence-electron chi connectivity index (χ0n) is 6.92. The zero-order valence-corrected chi connectivity index (χ0v) is 6.92. The fourth-order valence-corrected chi connectivity index (χ4v) is 0.759. The van der Waals surface area contributed by atoms with Gasteiger partial charge >= 0.3 is 5.91 Å². The molecule has 0 rings (SSSR count). The second-order valence-electron chi connectivity index (χ2n) is 2.68. The van der Waals surface area contributed by atoms with Crippen molar-refractivity contribution < 1.29 is 14.4 Å². The quantitative estimate of drug-likeness (QED) is 0.569. The van der Waals surface area contributed by atoms with E-state index in [4.69, 9.17) is 5.11 Å². The number of aliphatic hydroxyl groups excluding tert-OH is 1. The van der Waals surface area contributed by atoms with Crippen LogP contribution in [0.25, 0.3) is 0 Å². The summed E-state index contributed by atoms with van der Waals surface area (Å²) in [5.74, 6) is 0.108. The van der Waals surface area contributed by atoms with E-state index in [2.05, 4.69) is 0 Å². The van der Waals surface area contributed by atoms with Gasteiger partial charge in [0.1, 0.15) is 6.54 Å². The summed E-state index contributed by atoms with van der Waals surface area (Å²) in [6, 6.07) is 0. The maximum Gasteiger partial charge on any atom is 0.310 e. The summed E-state index contributed by atoms with van der Waals surface area (Å²) in [5, 5.41) is 8.61. The predicted molar refractivity (Wildman–Crippen MR) is 39.4 cm³/mol. The average Bonchev–Trinajstić information content (AvgIpc) is 1.88. The Morgan fingerprint density at radius 1 is 1.60 bits per heavy atom. The zero-order chi connectivity index (χ0) is 8.20. The van der Waals surface area contributed by atoms with Crippen molar-refractivity contribution in [3.05, 3.63) is 0 Å². The smallest absolute Gasteiger partial charge is 0.310 e. The Kier molecular flexibility index (Phi) is 3.53. The van der Waals surface area contributed by atoms with E-state index in [1.54, 1.807) is 6.92 Å². The number of nitrogens with zero attached hydrogens (tertiary/aromatic N) is 1. The lowest BCUT2D eigenvalue weighted by atomic mass is 10.4. The molecule has 0 heterocycles. The van der Waals surface area contributed by atoms with Crippen LogP contribution in [-0.2, 0) is 4.79 Å². The molecule has 0 aromatic carbocycles. The maximum absolute atomic E-state index is 10.9. The minimum atomic E-state index is 0.0733. The van der Waals surface area contributed by atoms with Crippen molar-refractivity contribution in [2.45, 2.75) is 13.8 Å². The van der Waals surface area contributed by atoms with Crippen LogP contribution in [0.5, 0.6) is 0 Å². The monoisotopic (exact) mass is 146 g/mol. The van der Waals surface area contributed by atoms with Crippen molar-refractivity contribution in [1.29, 1.82) is 0 Å². The van der Waals surface area contributed by atoms with Gasteiger partial charge in [-0.2, -0.15) is 0 Å². The van der Waals surface area contributed by atoms with Crippen LogP contribution >= 0.6 is 0 Å². The molecule has 60 valence electrons. The highest BCUT2D eigenvalue weighted by atomic mass is 16.3. The number of rotatable bonds is 3. The summed E-state index contributed by atoms with van der Waals surface area (Å²) < 4.78 is 0.330. The third-order valence-electron chi connectivity index (χ3n) is 2.05. The average molecular weight is 146 g/mol. The highest BCUT2D eigenvalue weighted by Crippen LogP contribution is 2.00. The van der Waals surface area contributed by atoms with Gasteiger partial charge in [-0.25, -0.2) is 4.79 Å².